The molecule has 0 saturated heterocycles. The summed E-state index contributed by atoms with van der Waals surface area (Å²) in [5, 5.41) is 23.6. The molecule has 0 aliphatic rings. The largest absolute Gasteiger partial charge is 0.462 e. The lowest BCUT2D eigenvalue weighted by Crippen LogP contribution is -2.46. The maximum absolute atomic E-state index is 13.1. The van der Waals surface area contributed by atoms with Gasteiger partial charge in [-0.2, -0.15) is 0 Å². The van der Waals surface area contributed by atoms with Crippen LogP contribution in [0.5, 0.6) is 0 Å². The summed E-state index contributed by atoms with van der Waals surface area (Å²) in [6.07, 6.45) is 47.7. The van der Waals surface area contributed by atoms with E-state index in [-0.39, 0.29) is 24.9 Å². The highest BCUT2D eigenvalue weighted by Gasteiger charge is 2.24. The molecular formula is C48H89NO5. The second-order valence-corrected chi connectivity index (χ2v) is 15.8. The molecule has 1 amide bonds. The Bertz CT molecular complexity index is 900. The Morgan fingerprint density at radius 1 is 0.537 bits per heavy atom. The molecule has 0 bridgehead atoms. The summed E-state index contributed by atoms with van der Waals surface area (Å²) >= 11 is 0. The Kier molecular flexibility index (Phi) is 40.7. The average Bonchev–Trinajstić information content (AvgIpc) is 3.16. The third kappa shape index (κ3) is 37.0. The molecule has 3 atom stereocenters. The van der Waals surface area contributed by atoms with Gasteiger partial charge in [-0.05, 0) is 64.2 Å². The van der Waals surface area contributed by atoms with Gasteiger partial charge in [0.05, 0.1) is 25.2 Å². The van der Waals surface area contributed by atoms with Crippen LogP contribution in [0.3, 0.4) is 0 Å². The smallest absolute Gasteiger partial charge is 0.306 e. The monoisotopic (exact) mass is 760 g/mol. The number of hydrogen-bond donors (Lipinski definition) is 3. The van der Waals surface area contributed by atoms with Crippen molar-refractivity contribution in [2.75, 3.05) is 6.61 Å². The van der Waals surface area contributed by atoms with Crippen LogP contribution in [0.25, 0.3) is 0 Å². The summed E-state index contributed by atoms with van der Waals surface area (Å²) in [6.45, 7) is 6.41. The number of nitrogens with one attached hydrogen (secondary N) is 1. The minimum Gasteiger partial charge on any atom is -0.462 e. The number of aliphatic hydroxyl groups is 2. The van der Waals surface area contributed by atoms with Crippen molar-refractivity contribution < 1.29 is 24.5 Å². The quantitative estimate of drug-likeness (QED) is 0.0328. The van der Waals surface area contributed by atoms with Crippen LogP contribution in [0.15, 0.2) is 36.5 Å². The molecule has 0 aromatic heterocycles. The van der Waals surface area contributed by atoms with Crippen molar-refractivity contribution >= 4 is 11.9 Å². The predicted octanol–water partition coefficient (Wildman–Crippen LogP) is 13.3. The molecule has 0 saturated carbocycles. The normalized spacial score (nSPS) is 13.6. The maximum atomic E-state index is 13.1. The predicted molar refractivity (Wildman–Crippen MR) is 232 cm³/mol. The van der Waals surface area contributed by atoms with Crippen molar-refractivity contribution in [2.45, 2.75) is 251 Å². The Morgan fingerprint density at radius 2 is 0.944 bits per heavy atom. The van der Waals surface area contributed by atoms with Gasteiger partial charge in [-0.1, -0.05) is 192 Å². The lowest BCUT2D eigenvalue weighted by Gasteiger charge is -2.24. The van der Waals surface area contributed by atoms with Crippen LogP contribution >= 0.6 is 0 Å². The number of carbonyl (C=O) groups excluding carboxylic acids is 2. The SMILES string of the molecule is CCCCC/C=C\C/C=C\C/C=C\CCCCC(CC(=O)NC(CO)C(O)CCCCCCCCCCCC)OC(=O)CCCCCCCCCCCC. The van der Waals surface area contributed by atoms with Gasteiger partial charge in [-0.25, -0.2) is 0 Å². The summed E-state index contributed by atoms with van der Waals surface area (Å²) in [5.74, 6) is -0.509. The summed E-state index contributed by atoms with van der Waals surface area (Å²) in [7, 11) is 0. The zero-order valence-corrected chi connectivity index (χ0v) is 35.9. The van der Waals surface area contributed by atoms with Crippen LogP contribution in [0, 0.1) is 0 Å². The minimum absolute atomic E-state index is 0.0545. The van der Waals surface area contributed by atoms with Crippen molar-refractivity contribution in [3.63, 3.8) is 0 Å². The zero-order valence-electron chi connectivity index (χ0n) is 35.9. The van der Waals surface area contributed by atoms with E-state index >= 15 is 0 Å². The molecule has 3 N–H and O–H groups in total. The summed E-state index contributed by atoms with van der Waals surface area (Å²) in [6, 6.07) is -0.708. The highest BCUT2D eigenvalue weighted by Crippen LogP contribution is 2.17. The van der Waals surface area contributed by atoms with Gasteiger partial charge in [0.1, 0.15) is 6.10 Å². The second kappa shape index (κ2) is 42.2. The van der Waals surface area contributed by atoms with Gasteiger partial charge in [0, 0.05) is 6.42 Å². The van der Waals surface area contributed by atoms with Gasteiger partial charge in [0.25, 0.3) is 0 Å². The topological polar surface area (TPSA) is 95.9 Å². The molecule has 0 rings (SSSR count). The van der Waals surface area contributed by atoms with Gasteiger partial charge in [0.2, 0.25) is 5.91 Å². The number of amides is 1. The van der Waals surface area contributed by atoms with E-state index < -0.39 is 18.2 Å². The molecule has 3 unspecified atom stereocenters. The molecule has 316 valence electrons. The molecule has 6 nitrogen and oxygen atoms in total. The molecule has 54 heavy (non-hydrogen) atoms. The van der Waals surface area contributed by atoms with E-state index in [1.165, 1.54) is 116 Å². The molecule has 6 heteroatoms. The first-order chi connectivity index (χ1) is 26.5. The van der Waals surface area contributed by atoms with Crippen molar-refractivity contribution in [3.8, 4) is 0 Å². The van der Waals surface area contributed by atoms with E-state index in [4.69, 9.17) is 4.74 Å². The molecule has 0 spiro atoms. The van der Waals surface area contributed by atoms with Gasteiger partial charge in [0.15, 0.2) is 0 Å². The van der Waals surface area contributed by atoms with Crippen LogP contribution in [-0.4, -0.2) is 46.9 Å². The van der Waals surface area contributed by atoms with Crippen LogP contribution in [0.2, 0.25) is 0 Å². The number of rotatable bonds is 41. The number of unbranched alkanes of at least 4 members (excludes halogenated alkanes) is 23. The molecule has 0 aromatic rings. The lowest BCUT2D eigenvalue weighted by atomic mass is 10.0. The summed E-state index contributed by atoms with van der Waals surface area (Å²) < 4.78 is 5.88. The number of carbonyl (C=O) groups is 2. The Morgan fingerprint density at radius 3 is 1.44 bits per heavy atom. The van der Waals surface area contributed by atoms with Gasteiger partial charge < -0.3 is 20.3 Å². The van der Waals surface area contributed by atoms with Crippen molar-refractivity contribution in [2.24, 2.45) is 0 Å². The highest BCUT2D eigenvalue weighted by atomic mass is 16.5. The van der Waals surface area contributed by atoms with Crippen molar-refractivity contribution in [1.29, 1.82) is 0 Å². The summed E-state index contributed by atoms with van der Waals surface area (Å²) in [5.41, 5.74) is 0. The fourth-order valence-corrected chi connectivity index (χ4v) is 6.91. The van der Waals surface area contributed by atoms with Crippen molar-refractivity contribution in [3.05, 3.63) is 36.5 Å². The zero-order chi connectivity index (χ0) is 39.6. The fraction of sp³-hybridized carbons (Fsp3) is 0.833. The van der Waals surface area contributed by atoms with Gasteiger partial charge in [-0.15, -0.1) is 0 Å². The average molecular weight is 760 g/mol. The first kappa shape index (κ1) is 52.1. The van der Waals surface area contributed by atoms with Gasteiger partial charge >= 0.3 is 5.97 Å². The van der Waals surface area contributed by atoms with E-state index in [0.29, 0.717) is 19.3 Å². The van der Waals surface area contributed by atoms with E-state index in [2.05, 4.69) is 62.5 Å². The first-order valence-corrected chi connectivity index (χ1v) is 23.2. The van der Waals surface area contributed by atoms with Gasteiger partial charge in [-0.3, -0.25) is 9.59 Å². The maximum Gasteiger partial charge on any atom is 0.306 e. The number of aliphatic hydroxyl groups excluding tert-OH is 2. The number of allylic oxidation sites excluding steroid dienone is 6. The minimum atomic E-state index is -0.793. The van der Waals surface area contributed by atoms with Crippen molar-refractivity contribution in [1.82, 2.24) is 5.32 Å². The van der Waals surface area contributed by atoms with Crippen LogP contribution in [0.4, 0.5) is 0 Å². The molecule has 0 aliphatic carbocycles. The molecule has 0 aliphatic heterocycles. The Balaban J connectivity index is 4.67. The Hall–Kier alpha value is -1.92. The third-order valence-electron chi connectivity index (χ3n) is 10.5. The third-order valence-corrected chi connectivity index (χ3v) is 10.5. The van der Waals surface area contributed by atoms with Crippen LogP contribution in [0.1, 0.15) is 233 Å². The van der Waals surface area contributed by atoms with E-state index in [0.717, 1.165) is 70.6 Å². The van der Waals surface area contributed by atoms with E-state index in [9.17, 15) is 19.8 Å². The second-order valence-electron chi connectivity index (χ2n) is 15.8. The lowest BCUT2D eigenvalue weighted by molar-refractivity contribution is -0.151. The summed E-state index contributed by atoms with van der Waals surface area (Å²) in [4.78, 5) is 25.9. The standard InChI is InChI=1S/C48H89NO5/c1-4-7-10-13-16-19-22-23-24-25-26-27-30-33-36-39-44(54-48(53)41-38-35-32-29-21-18-15-12-9-6-3)42-47(52)49-45(43-50)46(51)40-37-34-31-28-20-17-14-11-8-5-2/h16,19,23-24,26-27,44-46,50-51H,4-15,17-18,20-22,25,28-43H2,1-3H3,(H,49,52)/b19-16-,24-23-,27-26-. The van der Waals surface area contributed by atoms with E-state index in [1.54, 1.807) is 0 Å². The van der Waals surface area contributed by atoms with E-state index in [1.807, 2.05) is 0 Å². The highest BCUT2D eigenvalue weighted by molar-refractivity contribution is 5.77. The number of esters is 1. The first-order valence-electron chi connectivity index (χ1n) is 23.2. The molecule has 0 heterocycles. The van der Waals surface area contributed by atoms with Crippen LogP contribution in [-0.2, 0) is 14.3 Å². The number of ether oxygens (including phenoxy) is 1. The fourth-order valence-electron chi connectivity index (χ4n) is 6.91. The molecule has 0 aromatic carbocycles. The molecule has 0 fully saturated rings. The number of hydrogen-bond acceptors (Lipinski definition) is 5. The molecular weight excluding hydrogens is 671 g/mol. The molecule has 0 radical (unpaired) electrons. The Labute approximate surface area is 334 Å². The van der Waals surface area contributed by atoms with Crippen LogP contribution < -0.4 is 5.32 Å².